The van der Waals surface area contributed by atoms with Crippen molar-refractivity contribution in [2.75, 3.05) is 7.05 Å². The summed E-state index contributed by atoms with van der Waals surface area (Å²) in [6, 6.07) is 3.34. The van der Waals surface area contributed by atoms with E-state index in [2.05, 4.69) is 0 Å². The Balaban J connectivity index is 2.25. The Morgan fingerprint density at radius 3 is 2.74 bits per heavy atom. The van der Waals surface area contributed by atoms with Crippen molar-refractivity contribution in [1.29, 1.82) is 0 Å². The zero-order valence-corrected chi connectivity index (χ0v) is 11.7. The molecule has 2 aromatic heterocycles. The van der Waals surface area contributed by atoms with E-state index in [0.29, 0.717) is 6.54 Å². The van der Waals surface area contributed by atoms with Gasteiger partial charge in [0.2, 0.25) is 10.0 Å². The van der Waals surface area contributed by atoms with E-state index in [9.17, 15) is 8.42 Å². The molecule has 0 atom stereocenters. The minimum atomic E-state index is -3.51. The summed E-state index contributed by atoms with van der Waals surface area (Å²) in [4.78, 5) is 0.251. The van der Waals surface area contributed by atoms with Gasteiger partial charge in [-0.25, -0.2) is 8.42 Å². The van der Waals surface area contributed by atoms with E-state index in [0.717, 1.165) is 11.3 Å². The van der Waals surface area contributed by atoms with Crippen LogP contribution < -0.4 is 5.73 Å². The number of hydrogen-bond acceptors (Lipinski definition) is 4. The average Bonchev–Trinajstić information content (AvgIpc) is 2.98. The Morgan fingerprint density at radius 2 is 2.21 bits per heavy atom. The quantitative estimate of drug-likeness (QED) is 0.884. The van der Waals surface area contributed by atoms with E-state index >= 15 is 0 Å². The normalized spacial score (nSPS) is 12.2. The number of nitrogens with two attached hydrogens (primary N) is 1. The topological polar surface area (TPSA) is 81.5 Å². The zero-order chi connectivity index (χ0) is 14.0. The van der Waals surface area contributed by atoms with Crippen molar-refractivity contribution in [3.05, 3.63) is 42.1 Å². The predicted octanol–water partition coefficient (Wildman–Crippen LogP) is 0.897. The minimum absolute atomic E-state index is 0.251. The van der Waals surface area contributed by atoms with Crippen LogP contribution in [0, 0.1) is 0 Å². The predicted molar refractivity (Wildman–Crippen MR) is 70.7 cm³/mol. The van der Waals surface area contributed by atoms with Crippen LogP contribution in [-0.4, -0.2) is 24.3 Å². The van der Waals surface area contributed by atoms with Gasteiger partial charge in [0.05, 0.1) is 12.5 Å². The molecule has 0 aliphatic carbocycles. The SMILES string of the molecule is CN(Cc1ccoc1)S(=O)(=O)c1cc(CN)n(C)c1. The third-order valence-corrected chi connectivity index (χ3v) is 4.75. The van der Waals surface area contributed by atoms with Crippen LogP contribution in [0.2, 0.25) is 0 Å². The first kappa shape index (κ1) is 13.9. The highest BCUT2D eigenvalue weighted by Crippen LogP contribution is 2.19. The molecule has 2 heterocycles. The van der Waals surface area contributed by atoms with Gasteiger partial charge in [-0.05, 0) is 12.1 Å². The average molecular weight is 283 g/mol. The standard InChI is InChI=1S/C12H17N3O3S/c1-14-8-12(5-11(14)6-13)19(16,17)15(2)7-10-3-4-18-9-10/h3-5,8-9H,6-7,13H2,1-2H3. The zero-order valence-electron chi connectivity index (χ0n) is 10.9. The molecule has 6 nitrogen and oxygen atoms in total. The summed E-state index contributed by atoms with van der Waals surface area (Å²) in [6.45, 7) is 0.573. The lowest BCUT2D eigenvalue weighted by Gasteiger charge is -2.15. The molecule has 2 aromatic rings. The molecule has 0 bridgehead atoms. The van der Waals surface area contributed by atoms with Gasteiger partial charge in [0, 0.05) is 44.6 Å². The van der Waals surface area contributed by atoms with Gasteiger partial charge < -0.3 is 14.7 Å². The molecule has 2 rings (SSSR count). The maximum Gasteiger partial charge on any atom is 0.244 e. The number of nitrogens with zero attached hydrogens (tertiary/aromatic N) is 2. The number of aromatic nitrogens is 1. The molecule has 0 unspecified atom stereocenters. The number of sulfonamides is 1. The second-order valence-electron chi connectivity index (χ2n) is 4.37. The Bertz CT molecular complexity index is 644. The molecule has 0 saturated carbocycles. The Hall–Kier alpha value is -1.57. The second-order valence-corrected chi connectivity index (χ2v) is 6.42. The summed E-state index contributed by atoms with van der Waals surface area (Å²) in [6.07, 6.45) is 4.62. The Labute approximate surface area is 112 Å². The van der Waals surface area contributed by atoms with Gasteiger partial charge in [-0.3, -0.25) is 0 Å². The molecular weight excluding hydrogens is 266 g/mol. The summed E-state index contributed by atoms with van der Waals surface area (Å²) in [7, 11) is -0.197. The first-order chi connectivity index (χ1) is 8.95. The third kappa shape index (κ3) is 2.73. The van der Waals surface area contributed by atoms with Gasteiger partial charge in [-0.2, -0.15) is 4.31 Å². The van der Waals surface area contributed by atoms with Crippen molar-refractivity contribution < 1.29 is 12.8 Å². The third-order valence-electron chi connectivity index (χ3n) is 2.99. The Morgan fingerprint density at radius 1 is 1.47 bits per heavy atom. The fourth-order valence-corrected chi connectivity index (χ4v) is 3.08. The van der Waals surface area contributed by atoms with Crippen LogP contribution in [0.3, 0.4) is 0 Å². The van der Waals surface area contributed by atoms with E-state index in [1.54, 1.807) is 29.9 Å². The maximum atomic E-state index is 12.4. The highest BCUT2D eigenvalue weighted by Gasteiger charge is 2.23. The van der Waals surface area contributed by atoms with Crippen molar-refractivity contribution in [2.24, 2.45) is 12.8 Å². The number of aryl methyl sites for hydroxylation is 1. The number of hydrogen-bond donors (Lipinski definition) is 1. The molecule has 0 aromatic carbocycles. The molecule has 104 valence electrons. The van der Waals surface area contributed by atoms with E-state index in [1.807, 2.05) is 0 Å². The highest BCUT2D eigenvalue weighted by atomic mass is 32.2. The summed E-state index contributed by atoms with van der Waals surface area (Å²) in [5.74, 6) is 0. The van der Waals surface area contributed by atoms with Crippen molar-refractivity contribution in [1.82, 2.24) is 8.87 Å². The number of furan rings is 1. The van der Waals surface area contributed by atoms with Gasteiger partial charge >= 0.3 is 0 Å². The van der Waals surface area contributed by atoms with E-state index in [4.69, 9.17) is 10.2 Å². The van der Waals surface area contributed by atoms with E-state index in [-0.39, 0.29) is 11.4 Å². The van der Waals surface area contributed by atoms with Crippen molar-refractivity contribution in [3.63, 3.8) is 0 Å². The fourth-order valence-electron chi connectivity index (χ4n) is 1.83. The summed E-state index contributed by atoms with van der Waals surface area (Å²) in [5.41, 5.74) is 7.13. The summed E-state index contributed by atoms with van der Waals surface area (Å²) in [5, 5.41) is 0. The van der Waals surface area contributed by atoms with Crippen molar-refractivity contribution >= 4 is 10.0 Å². The van der Waals surface area contributed by atoms with Gasteiger partial charge in [0.15, 0.2) is 0 Å². The second kappa shape index (κ2) is 5.20. The molecular formula is C12H17N3O3S. The highest BCUT2D eigenvalue weighted by molar-refractivity contribution is 7.89. The van der Waals surface area contributed by atoms with Crippen molar-refractivity contribution in [2.45, 2.75) is 18.0 Å². The van der Waals surface area contributed by atoms with Crippen LogP contribution >= 0.6 is 0 Å². The lowest BCUT2D eigenvalue weighted by atomic mass is 10.3. The maximum absolute atomic E-state index is 12.4. The van der Waals surface area contributed by atoms with Crippen LogP contribution in [0.4, 0.5) is 0 Å². The largest absolute Gasteiger partial charge is 0.472 e. The van der Waals surface area contributed by atoms with Crippen LogP contribution in [0.5, 0.6) is 0 Å². The molecule has 0 saturated heterocycles. The lowest BCUT2D eigenvalue weighted by molar-refractivity contribution is 0.463. The van der Waals surface area contributed by atoms with Crippen LogP contribution in [0.25, 0.3) is 0 Å². The van der Waals surface area contributed by atoms with E-state index in [1.165, 1.54) is 23.9 Å². The molecule has 0 radical (unpaired) electrons. The lowest BCUT2D eigenvalue weighted by Crippen LogP contribution is -2.26. The first-order valence-corrected chi connectivity index (χ1v) is 7.22. The monoisotopic (exact) mass is 283 g/mol. The van der Waals surface area contributed by atoms with Gasteiger partial charge in [-0.15, -0.1) is 0 Å². The van der Waals surface area contributed by atoms with Crippen LogP contribution in [-0.2, 0) is 30.2 Å². The summed E-state index contributed by atoms with van der Waals surface area (Å²) < 4.78 is 32.7. The Kier molecular flexibility index (Phi) is 3.79. The van der Waals surface area contributed by atoms with Crippen LogP contribution in [0.15, 0.2) is 40.2 Å². The van der Waals surface area contributed by atoms with Gasteiger partial charge in [-0.1, -0.05) is 0 Å². The fraction of sp³-hybridized carbons (Fsp3) is 0.333. The molecule has 0 amide bonds. The molecule has 7 heteroatoms. The number of rotatable bonds is 5. The smallest absolute Gasteiger partial charge is 0.244 e. The van der Waals surface area contributed by atoms with Gasteiger partial charge in [0.1, 0.15) is 4.90 Å². The summed E-state index contributed by atoms with van der Waals surface area (Å²) >= 11 is 0. The van der Waals surface area contributed by atoms with Crippen molar-refractivity contribution in [3.8, 4) is 0 Å². The molecule has 0 spiro atoms. The minimum Gasteiger partial charge on any atom is -0.472 e. The first-order valence-electron chi connectivity index (χ1n) is 5.78. The van der Waals surface area contributed by atoms with Gasteiger partial charge in [0.25, 0.3) is 0 Å². The molecule has 0 aliphatic rings. The molecule has 19 heavy (non-hydrogen) atoms. The molecule has 0 aliphatic heterocycles. The van der Waals surface area contributed by atoms with Crippen LogP contribution in [0.1, 0.15) is 11.3 Å². The van der Waals surface area contributed by atoms with E-state index < -0.39 is 10.0 Å². The molecule has 2 N–H and O–H groups in total. The molecule has 0 fully saturated rings.